The number of aliphatic hydroxyl groups excluding tert-OH is 1. The fourth-order valence-electron chi connectivity index (χ4n) is 5.64. The fraction of sp³-hybridized carbons (Fsp3) is 0.500. The molecule has 3 atom stereocenters. The number of pyridine rings is 1. The molecule has 0 saturated carbocycles. The lowest BCUT2D eigenvalue weighted by atomic mass is 9.97. The number of carbonyl (C=O) groups excluding carboxylic acids is 2. The van der Waals surface area contributed by atoms with Crippen molar-refractivity contribution in [3.63, 3.8) is 0 Å². The van der Waals surface area contributed by atoms with Crippen molar-refractivity contribution in [2.75, 3.05) is 26.2 Å². The van der Waals surface area contributed by atoms with E-state index in [4.69, 9.17) is 0 Å². The molecule has 2 aromatic heterocycles. The van der Waals surface area contributed by atoms with E-state index < -0.39 is 34.1 Å². The molecule has 0 bridgehead atoms. The van der Waals surface area contributed by atoms with Gasteiger partial charge in [-0.2, -0.15) is 9.04 Å². The van der Waals surface area contributed by atoms with E-state index in [9.17, 15) is 28.3 Å². The second-order valence-corrected chi connectivity index (χ2v) is 15.4. The molecule has 1 aliphatic rings. The van der Waals surface area contributed by atoms with E-state index in [-0.39, 0.29) is 42.3 Å². The highest BCUT2D eigenvalue weighted by Gasteiger charge is 2.40. The van der Waals surface area contributed by atoms with Crippen LogP contribution in [0.1, 0.15) is 44.0 Å². The van der Waals surface area contributed by atoms with Crippen molar-refractivity contribution in [2.45, 2.75) is 70.7 Å². The van der Waals surface area contributed by atoms with Gasteiger partial charge in [-0.25, -0.2) is 18.2 Å². The predicted molar refractivity (Wildman–Crippen MR) is 175 cm³/mol. The standard InChI is InChI=1S/C32H44N6O6S2/c1-22(2)18-37(46(43,44)27-11-13-36(42)14-12-27)20-29(39)28(17-25-9-7-6-8-10-25)34-31(40)30(23(3)4)38-16-15-35(32(38)41)19-26-21-45-24(5)33-26/h6-14,21-23,28-30,39H,15-20H2,1-5H3,(H,34,40)/t28-,29+,30?/m0/s1. The summed E-state index contributed by atoms with van der Waals surface area (Å²) in [4.78, 5) is 35.1. The van der Waals surface area contributed by atoms with Gasteiger partial charge in [0.2, 0.25) is 15.9 Å². The molecular formula is C32H44N6O6S2. The summed E-state index contributed by atoms with van der Waals surface area (Å²) in [5.74, 6) is -0.726. The Labute approximate surface area is 275 Å². The van der Waals surface area contributed by atoms with E-state index in [1.165, 1.54) is 27.8 Å². The topological polar surface area (TPSA) is 150 Å². The number of aromatic nitrogens is 2. The number of nitrogens with zero attached hydrogens (tertiary/aromatic N) is 5. The second-order valence-electron chi connectivity index (χ2n) is 12.4. The Morgan fingerprint density at radius 2 is 1.78 bits per heavy atom. The molecule has 0 aliphatic carbocycles. The third-order valence-electron chi connectivity index (χ3n) is 7.84. The van der Waals surface area contributed by atoms with E-state index in [2.05, 4.69) is 10.3 Å². The van der Waals surface area contributed by atoms with Gasteiger partial charge in [0.1, 0.15) is 6.04 Å². The average Bonchev–Trinajstić information content (AvgIpc) is 3.57. The van der Waals surface area contributed by atoms with Crippen LogP contribution in [0.15, 0.2) is 65.1 Å². The minimum atomic E-state index is -4.08. The SMILES string of the molecule is Cc1nc(CN2CCN(C(C(=O)N[C@@H](Cc3ccccc3)[C@H](O)CN(CC(C)C)S(=O)(=O)c3cc[n+]([O-])cc3)C(C)C)C2=O)cs1. The van der Waals surface area contributed by atoms with E-state index >= 15 is 0 Å². The van der Waals surface area contributed by atoms with Gasteiger partial charge >= 0.3 is 6.03 Å². The number of sulfonamides is 1. The molecule has 3 amide bonds. The summed E-state index contributed by atoms with van der Waals surface area (Å²) in [6, 6.07) is 9.84. The predicted octanol–water partition coefficient (Wildman–Crippen LogP) is 2.78. The maximum Gasteiger partial charge on any atom is 0.321 e. The number of hydrogen-bond donors (Lipinski definition) is 2. The van der Waals surface area contributed by atoms with Crippen molar-refractivity contribution in [2.24, 2.45) is 11.8 Å². The lowest BCUT2D eigenvalue weighted by molar-refractivity contribution is -0.605. The lowest BCUT2D eigenvalue weighted by Crippen LogP contribution is -2.57. The van der Waals surface area contributed by atoms with Crippen molar-refractivity contribution >= 4 is 33.3 Å². The van der Waals surface area contributed by atoms with Crippen LogP contribution in [0.25, 0.3) is 0 Å². The Balaban J connectivity index is 1.56. The lowest BCUT2D eigenvalue weighted by Gasteiger charge is -2.34. The van der Waals surface area contributed by atoms with Crippen molar-refractivity contribution in [3.8, 4) is 0 Å². The van der Waals surface area contributed by atoms with Crippen molar-refractivity contribution < 1.29 is 27.8 Å². The highest BCUT2D eigenvalue weighted by atomic mass is 32.2. The molecule has 250 valence electrons. The van der Waals surface area contributed by atoms with Crippen LogP contribution in [-0.2, 0) is 27.8 Å². The Hall–Kier alpha value is -3.59. The van der Waals surface area contributed by atoms with Crippen molar-refractivity contribution in [1.82, 2.24) is 24.4 Å². The highest BCUT2D eigenvalue weighted by molar-refractivity contribution is 7.89. The zero-order chi connectivity index (χ0) is 33.6. The first kappa shape index (κ1) is 35.3. The third kappa shape index (κ3) is 8.81. The van der Waals surface area contributed by atoms with Crippen molar-refractivity contribution in [3.05, 3.63) is 81.7 Å². The summed E-state index contributed by atoms with van der Waals surface area (Å²) in [5.41, 5.74) is 1.65. The quantitative estimate of drug-likeness (QED) is 0.186. The fourth-order valence-corrected chi connectivity index (χ4v) is 7.85. The zero-order valence-corrected chi connectivity index (χ0v) is 28.6. The normalized spacial score (nSPS) is 16.0. The molecule has 1 aromatic carbocycles. The number of benzene rings is 1. The molecule has 4 rings (SSSR count). The number of aryl methyl sites for hydroxylation is 1. The second kappa shape index (κ2) is 15.3. The molecule has 12 nitrogen and oxygen atoms in total. The first-order valence-corrected chi connectivity index (χ1v) is 17.8. The summed E-state index contributed by atoms with van der Waals surface area (Å²) in [5, 5.41) is 29.0. The van der Waals surface area contributed by atoms with Gasteiger partial charge in [-0.1, -0.05) is 58.0 Å². The average molecular weight is 673 g/mol. The van der Waals surface area contributed by atoms with Crippen LogP contribution < -0.4 is 10.0 Å². The van der Waals surface area contributed by atoms with Gasteiger partial charge in [0.05, 0.1) is 34.3 Å². The summed E-state index contributed by atoms with van der Waals surface area (Å²) < 4.78 is 29.0. The van der Waals surface area contributed by atoms with E-state index in [0.29, 0.717) is 24.4 Å². The highest BCUT2D eigenvalue weighted by Crippen LogP contribution is 2.23. The van der Waals surface area contributed by atoms with Crippen LogP contribution >= 0.6 is 11.3 Å². The first-order valence-electron chi connectivity index (χ1n) is 15.4. The molecule has 3 heterocycles. The number of carbonyl (C=O) groups is 2. The van der Waals surface area contributed by atoms with Crippen LogP contribution in [0.5, 0.6) is 0 Å². The molecule has 1 saturated heterocycles. The zero-order valence-electron chi connectivity index (χ0n) is 26.9. The third-order valence-corrected chi connectivity index (χ3v) is 10.5. The summed E-state index contributed by atoms with van der Waals surface area (Å²) in [6.07, 6.45) is 1.16. The maximum absolute atomic E-state index is 14.0. The minimum Gasteiger partial charge on any atom is -0.619 e. The minimum absolute atomic E-state index is 0.0686. The number of rotatable bonds is 15. The van der Waals surface area contributed by atoms with Gasteiger partial charge in [-0.05, 0) is 30.7 Å². The van der Waals surface area contributed by atoms with Gasteiger partial charge < -0.3 is 25.4 Å². The van der Waals surface area contributed by atoms with Crippen molar-refractivity contribution in [1.29, 1.82) is 0 Å². The number of hydrogen-bond acceptors (Lipinski definition) is 8. The van der Waals surface area contributed by atoms with Gasteiger partial charge in [0.25, 0.3) is 0 Å². The summed E-state index contributed by atoms with van der Waals surface area (Å²) >= 11 is 1.52. The molecular weight excluding hydrogens is 629 g/mol. The smallest absolute Gasteiger partial charge is 0.321 e. The van der Waals surface area contributed by atoms with Crippen LogP contribution in [0.4, 0.5) is 4.79 Å². The van der Waals surface area contributed by atoms with Gasteiger partial charge in [-0.3, -0.25) is 4.79 Å². The maximum atomic E-state index is 14.0. The molecule has 2 N–H and O–H groups in total. The van der Waals surface area contributed by atoms with E-state index in [0.717, 1.165) is 28.7 Å². The Morgan fingerprint density at radius 3 is 2.37 bits per heavy atom. The van der Waals surface area contributed by atoms with Gasteiger partial charge in [-0.15, -0.1) is 11.3 Å². The molecule has 1 unspecified atom stereocenters. The molecule has 14 heteroatoms. The Bertz CT molecular complexity index is 1570. The molecule has 1 aliphatic heterocycles. The number of amides is 3. The Kier molecular flexibility index (Phi) is 11.8. The monoisotopic (exact) mass is 672 g/mol. The molecule has 0 spiro atoms. The first-order chi connectivity index (χ1) is 21.8. The largest absolute Gasteiger partial charge is 0.619 e. The van der Waals surface area contributed by atoms with Crippen LogP contribution in [-0.4, -0.2) is 88.9 Å². The molecule has 1 fully saturated rings. The van der Waals surface area contributed by atoms with Crippen LogP contribution in [0, 0.1) is 24.0 Å². The molecule has 0 radical (unpaired) electrons. The van der Waals surface area contributed by atoms with E-state index in [1.54, 1.807) is 9.80 Å². The molecule has 3 aromatic rings. The Morgan fingerprint density at radius 1 is 1.11 bits per heavy atom. The van der Waals surface area contributed by atoms with Crippen LogP contribution in [0.2, 0.25) is 0 Å². The number of thiazole rings is 1. The molecule has 46 heavy (non-hydrogen) atoms. The van der Waals surface area contributed by atoms with Gasteiger partial charge in [0.15, 0.2) is 12.4 Å². The summed E-state index contributed by atoms with van der Waals surface area (Å²) in [7, 11) is -4.08. The number of aliphatic hydroxyl groups is 1. The number of urea groups is 1. The van der Waals surface area contributed by atoms with Crippen LogP contribution in [0.3, 0.4) is 0 Å². The summed E-state index contributed by atoms with van der Waals surface area (Å²) in [6.45, 7) is 10.4. The number of nitrogens with one attached hydrogen (secondary N) is 1. The van der Waals surface area contributed by atoms with Gasteiger partial charge in [0, 0.05) is 43.7 Å². The van der Waals surface area contributed by atoms with E-state index in [1.807, 2.05) is 70.3 Å².